The van der Waals surface area contributed by atoms with Gasteiger partial charge < -0.3 is 15.5 Å². The van der Waals surface area contributed by atoms with Crippen molar-refractivity contribution in [3.05, 3.63) is 5.89 Å². The van der Waals surface area contributed by atoms with E-state index in [4.69, 9.17) is 10.2 Å². The molecule has 0 bridgehead atoms. The van der Waals surface area contributed by atoms with Gasteiger partial charge in [-0.25, -0.2) is 0 Å². The van der Waals surface area contributed by atoms with Crippen LogP contribution >= 0.6 is 0 Å². The fourth-order valence-corrected chi connectivity index (χ4v) is 1.59. The van der Waals surface area contributed by atoms with E-state index < -0.39 is 0 Å². The zero-order valence-corrected chi connectivity index (χ0v) is 7.66. The summed E-state index contributed by atoms with van der Waals surface area (Å²) in [7, 11) is 0. The van der Waals surface area contributed by atoms with Gasteiger partial charge in [0.2, 0.25) is 5.89 Å². The van der Waals surface area contributed by atoms with Crippen LogP contribution in [0.4, 0.5) is 6.01 Å². The molecular weight excluding hydrogens is 168 g/mol. The van der Waals surface area contributed by atoms with Crippen molar-refractivity contribution in [3.8, 4) is 0 Å². The maximum Gasteiger partial charge on any atom is 0.315 e. The van der Waals surface area contributed by atoms with Gasteiger partial charge in [0.1, 0.15) is 0 Å². The molecule has 0 amide bonds. The Labute approximate surface area is 76.7 Å². The van der Waals surface area contributed by atoms with Crippen molar-refractivity contribution in [2.24, 2.45) is 11.7 Å². The standard InChI is InChI=1S/C8H14N4O/c1-5-2-6(3-5)10-8-12-11-7(4-9)13-8/h5-6H,2-4,9H2,1H3,(H,10,12). The minimum Gasteiger partial charge on any atom is -0.407 e. The zero-order valence-electron chi connectivity index (χ0n) is 7.66. The van der Waals surface area contributed by atoms with Crippen molar-refractivity contribution in [2.75, 3.05) is 5.32 Å². The molecule has 1 heterocycles. The van der Waals surface area contributed by atoms with Crippen LogP contribution in [0.3, 0.4) is 0 Å². The van der Waals surface area contributed by atoms with E-state index >= 15 is 0 Å². The smallest absolute Gasteiger partial charge is 0.315 e. The molecule has 1 aliphatic rings. The predicted octanol–water partition coefficient (Wildman–Crippen LogP) is 0.739. The molecule has 3 N–H and O–H groups in total. The molecule has 0 aliphatic heterocycles. The van der Waals surface area contributed by atoms with Crippen LogP contribution in [0.1, 0.15) is 25.7 Å². The van der Waals surface area contributed by atoms with Gasteiger partial charge in [0, 0.05) is 6.04 Å². The lowest BCUT2D eigenvalue weighted by atomic mass is 9.82. The first-order chi connectivity index (χ1) is 6.28. The van der Waals surface area contributed by atoms with E-state index in [-0.39, 0.29) is 0 Å². The summed E-state index contributed by atoms with van der Waals surface area (Å²) in [5.41, 5.74) is 5.34. The fourth-order valence-electron chi connectivity index (χ4n) is 1.59. The molecule has 0 radical (unpaired) electrons. The zero-order chi connectivity index (χ0) is 9.26. The van der Waals surface area contributed by atoms with Gasteiger partial charge in [-0.2, -0.15) is 0 Å². The summed E-state index contributed by atoms with van der Waals surface area (Å²) >= 11 is 0. The summed E-state index contributed by atoms with van der Waals surface area (Å²) in [5, 5.41) is 10.8. The van der Waals surface area contributed by atoms with Crippen LogP contribution in [-0.2, 0) is 6.54 Å². The summed E-state index contributed by atoms with van der Waals surface area (Å²) in [6.45, 7) is 2.53. The average molecular weight is 182 g/mol. The third-order valence-corrected chi connectivity index (χ3v) is 2.34. The van der Waals surface area contributed by atoms with Gasteiger partial charge in [-0.05, 0) is 18.8 Å². The van der Waals surface area contributed by atoms with Gasteiger partial charge in [0.15, 0.2) is 0 Å². The maximum absolute atomic E-state index is 5.34. The highest BCUT2D eigenvalue weighted by atomic mass is 16.4. The van der Waals surface area contributed by atoms with Crippen molar-refractivity contribution in [2.45, 2.75) is 32.4 Å². The van der Waals surface area contributed by atoms with Crippen LogP contribution in [0.25, 0.3) is 0 Å². The van der Waals surface area contributed by atoms with Crippen LogP contribution in [0, 0.1) is 5.92 Å². The summed E-state index contributed by atoms with van der Waals surface area (Å²) in [5.74, 6) is 1.30. The highest BCUT2D eigenvalue weighted by Crippen LogP contribution is 2.28. The third kappa shape index (κ3) is 1.80. The fraction of sp³-hybridized carbons (Fsp3) is 0.750. The Bertz CT molecular complexity index is 279. The van der Waals surface area contributed by atoms with E-state index in [2.05, 4.69) is 22.4 Å². The molecule has 72 valence electrons. The Morgan fingerprint density at radius 2 is 2.31 bits per heavy atom. The first kappa shape index (κ1) is 8.50. The number of nitrogens with two attached hydrogens (primary N) is 1. The number of hydrogen-bond acceptors (Lipinski definition) is 5. The SMILES string of the molecule is CC1CC(Nc2nnc(CN)o2)C1. The second kappa shape index (κ2) is 3.33. The van der Waals surface area contributed by atoms with Crippen molar-refractivity contribution < 1.29 is 4.42 Å². The molecule has 1 aromatic rings. The quantitative estimate of drug-likeness (QED) is 0.721. The second-order valence-corrected chi connectivity index (χ2v) is 3.62. The Morgan fingerprint density at radius 1 is 1.54 bits per heavy atom. The monoisotopic (exact) mass is 182 g/mol. The van der Waals surface area contributed by atoms with Gasteiger partial charge in [0.25, 0.3) is 0 Å². The molecule has 0 atom stereocenters. The molecule has 0 saturated heterocycles. The van der Waals surface area contributed by atoms with Crippen LogP contribution in [0.2, 0.25) is 0 Å². The van der Waals surface area contributed by atoms with Gasteiger partial charge >= 0.3 is 6.01 Å². The number of nitrogens with zero attached hydrogens (tertiary/aromatic N) is 2. The second-order valence-electron chi connectivity index (χ2n) is 3.62. The van der Waals surface area contributed by atoms with Crippen LogP contribution in [-0.4, -0.2) is 16.2 Å². The normalized spacial score (nSPS) is 26.9. The summed E-state index contributed by atoms with van der Waals surface area (Å²) in [6, 6.07) is 0.999. The van der Waals surface area contributed by atoms with Crippen molar-refractivity contribution in [3.63, 3.8) is 0 Å². The average Bonchev–Trinajstić information content (AvgIpc) is 2.50. The summed E-state index contributed by atoms with van der Waals surface area (Å²) in [4.78, 5) is 0. The predicted molar refractivity (Wildman–Crippen MR) is 48.0 cm³/mol. The van der Waals surface area contributed by atoms with E-state index in [1.54, 1.807) is 0 Å². The summed E-state index contributed by atoms with van der Waals surface area (Å²) < 4.78 is 5.22. The molecule has 0 spiro atoms. The highest BCUT2D eigenvalue weighted by molar-refractivity contribution is 5.21. The van der Waals surface area contributed by atoms with E-state index in [1.165, 1.54) is 12.8 Å². The lowest BCUT2D eigenvalue weighted by Crippen LogP contribution is -2.33. The van der Waals surface area contributed by atoms with E-state index in [9.17, 15) is 0 Å². The lowest BCUT2D eigenvalue weighted by Gasteiger charge is -2.32. The Kier molecular flexibility index (Phi) is 2.18. The van der Waals surface area contributed by atoms with Crippen molar-refractivity contribution in [1.29, 1.82) is 0 Å². The first-order valence-corrected chi connectivity index (χ1v) is 4.57. The molecule has 0 aromatic carbocycles. The minimum atomic E-state index is 0.301. The first-order valence-electron chi connectivity index (χ1n) is 4.57. The molecule has 1 fully saturated rings. The number of rotatable bonds is 3. The molecule has 1 saturated carbocycles. The maximum atomic E-state index is 5.34. The Hall–Kier alpha value is -1.10. The highest BCUT2D eigenvalue weighted by Gasteiger charge is 2.26. The van der Waals surface area contributed by atoms with Gasteiger partial charge in [-0.15, -0.1) is 5.10 Å². The molecule has 0 unspecified atom stereocenters. The molecule has 1 aliphatic carbocycles. The van der Waals surface area contributed by atoms with E-state index in [0.717, 1.165) is 5.92 Å². The van der Waals surface area contributed by atoms with Crippen LogP contribution in [0.5, 0.6) is 0 Å². The lowest BCUT2D eigenvalue weighted by molar-refractivity contribution is 0.303. The number of nitrogens with one attached hydrogen (secondary N) is 1. The van der Waals surface area contributed by atoms with E-state index in [1.807, 2.05) is 0 Å². The van der Waals surface area contributed by atoms with Crippen LogP contribution < -0.4 is 11.1 Å². The number of anilines is 1. The van der Waals surface area contributed by atoms with Crippen LogP contribution in [0.15, 0.2) is 4.42 Å². The molecule has 5 heteroatoms. The number of hydrogen-bond donors (Lipinski definition) is 2. The third-order valence-electron chi connectivity index (χ3n) is 2.34. The molecule has 5 nitrogen and oxygen atoms in total. The molecule has 13 heavy (non-hydrogen) atoms. The van der Waals surface area contributed by atoms with Crippen molar-refractivity contribution in [1.82, 2.24) is 10.2 Å². The van der Waals surface area contributed by atoms with E-state index in [0.29, 0.717) is 24.5 Å². The van der Waals surface area contributed by atoms with Gasteiger partial charge in [-0.1, -0.05) is 12.0 Å². The summed E-state index contributed by atoms with van der Waals surface area (Å²) in [6.07, 6.45) is 2.36. The molecule has 1 aromatic heterocycles. The van der Waals surface area contributed by atoms with Gasteiger partial charge in [0.05, 0.1) is 6.54 Å². The number of aromatic nitrogens is 2. The van der Waals surface area contributed by atoms with Crippen molar-refractivity contribution >= 4 is 6.01 Å². The molecule has 2 rings (SSSR count). The Morgan fingerprint density at radius 3 is 2.85 bits per heavy atom. The molecular formula is C8H14N4O. The Balaban J connectivity index is 1.87. The largest absolute Gasteiger partial charge is 0.407 e. The topological polar surface area (TPSA) is 77.0 Å². The minimum absolute atomic E-state index is 0.301. The van der Waals surface area contributed by atoms with Gasteiger partial charge in [-0.3, -0.25) is 0 Å².